The molecule has 0 unspecified atom stereocenters. The van der Waals surface area contributed by atoms with Gasteiger partial charge in [-0.15, -0.1) is 0 Å². The first-order valence-corrected chi connectivity index (χ1v) is 9.58. The lowest BCUT2D eigenvalue weighted by atomic mass is 9.85. The van der Waals surface area contributed by atoms with E-state index in [1.807, 2.05) is 19.9 Å². The van der Waals surface area contributed by atoms with Gasteiger partial charge in [-0.05, 0) is 61.1 Å². The molecule has 25 heavy (non-hydrogen) atoms. The number of hydrogen-bond acceptors (Lipinski definition) is 3. The predicted molar refractivity (Wildman–Crippen MR) is 101 cm³/mol. The van der Waals surface area contributed by atoms with Gasteiger partial charge in [0.2, 0.25) is 0 Å². The summed E-state index contributed by atoms with van der Waals surface area (Å²) < 4.78 is 12.7. The summed E-state index contributed by atoms with van der Waals surface area (Å²) in [7, 11) is 0. The second kappa shape index (κ2) is 6.51. The fraction of sp³-hybridized carbons (Fsp3) is 0.429. The molecule has 3 atom stereocenters. The number of rotatable bonds is 2. The van der Waals surface area contributed by atoms with Gasteiger partial charge in [-0.2, -0.15) is 0 Å². The zero-order valence-corrected chi connectivity index (χ0v) is 16.1. The fourth-order valence-electron chi connectivity index (χ4n) is 4.07. The lowest BCUT2D eigenvalue weighted by molar-refractivity contribution is -0.140. The van der Waals surface area contributed by atoms with Crippen LogP contribution in [0, 0.1) is 0 Å². The Balaban J connectivity index is 1.73. The number of aliphatic hydroxyl groups is 1. The molecule has 1 N–H and O–H groups in total. The molecular weight excluding hydrogens is 380 g/mol. The van der Waals surface area contributed by atoms with Crippen LogP contribution in [0.1, 0.15) is 54.5 Å². The molecule has 2 aliphatic rings. The molecule has 0 spiro atoms. The third-order valence-electron chi connectivity index (χ3n) is 5.23. The highest BCUT2D eigenvalue weighted by Crippen LogP contribution is 2.43. The van der Waals surface area contributed by atoms with Crippen LogP contribution in [0.5, 0.6) is 0 Å². The van der Waals surface area contributed by atoms with E-state index in [2.05, 4.69) is 52.3 Å². The summed E-state index contributed by atoms with van der Waals surface area (Å²) in [5.41, 5.74) is 4.70. The number of fused-ring (bicyclic) bond motifs is 2. The second-order valence-corrected chi connectivity index (χ2v) is 8.37. The molecule has 132 valence electrons. The van der Waals surface area contributed by atoms with Gasteiger partial charge in [0.05, 0.1) is 18.8 Å². The lowest BCUT2D eigenvalue weighted by Gasteiger charge is -2.26. The van der Waals surface area contributed by atoms with Crippen LogP contribution in [0.2, 0.25) is 0 Å². The van der Waals surface area contributed by atoms with Crippen molar-refractivity contribution < 1.29 is 14.6 Å². The van der Waals surface area contributed by atoms with Gasteiger partial charge in [0.25, 0.3) is 0 Å². The van der Waals surface area contributed by atoms with E-state index in [1.54, 1.807) is 0 Å². The maximum Gasteiger partial charge on any atom is 0.163 e. The lowest BCUT2D eigenvalue weighted by Crippen LogP contribution is -2.24. The number of benzene rings is 2. The summed E-state index contributed by atoms with van der Waals surface area (Å²) in [4.78, 5) is 0. The van der Waals surface area contributed by atoms with E-state index in [9.17, 15) is 5.11 Å². The molecule has 2 aromatic carbocycles. The number of ether oxygens (including phenoxy) is 2. The van der Waals surface area contributed by atoms with Gasteiger partial charge in [-0.3, -0.25) is 0 Å². The van der Waals surface area contributed by atoms with Crippen molar-refractivity contribution in [2.45, 2.75) is 50.6 Å². The molecule has 1 saturated heterocycles. The van der Waals surface area contributed by atoms with Gasteiger partial charge in [0.15, 0.2) is 5.79 Å². The Labute approximate surface area is 157 Å². The number of aliphatic hydroxyl groups excluding tert-OH is 1. The van der Waals surface area contributed by atoms with Crippen molar-refractivity contribution in [3.63, 3.8) is 0 Å². The van der Waals surface area contributed by atoms with Crippen LogP contribution >= 0.6 is 15.9 Å². The zero-order chi connectivity index (χ0) is 17.6. The molecule has 0 radical (unpaired) electrons. The third kappa shape index (κ3) is 3.41. The van der Waals surface area contributed by atoms with Crippen LogP contribution in [0.4, 0.5) is 0 Å². The first kappa shape index (κ1) is 17.2. The molecule has 1 aliphatic carbocycles. The zero-order valence-electron chi connectivity index (χ0n) is 14.5. The van der Waals surface area contributed by atoms with E-state index >= 15 is 0 Å². The van der Waals surface area contributed by atoms with E-state index in [4.69, 9.17) is 9.47 Å². The van der Waals surface area contributed by atoms with Crippen LogP contribution in [-0.2, 0) is 15.9 Å². The van der Waals surface area contributed by atoms with Crippen molar-refractivity contribution in [2.75, 3.05) is 6.61 Å². The molecule has 3 nitrogen and oxygen atoms in total. The summed E-state index contributed by atoms with van der Waals surface area (Å²) in [6.45, 7) is 4.46. The highest BCUT2D eigenvalue weighted by atomic mass is 79.9. The summed E-state index contributed by atoms with van der Waals surface area (Å²) in [6, 6.07) is 14.7. The molecule has 1 aliphatic heterocycles. The van der Waals surface area contributed by atoms with Crippen molar-refractivity contribution in [1.82, 2.24) is 0 Å². The van der Waals surface area contributed by atoms with Crippen LogP contribution in [0.15, 0.2) is 46.9 Å². The van der Waals surface area contributed by atoms with Crippen LogP contribution in [0.3, 0.4) is 0 Å². The number of hydrogen-bond donors (Lipinski definition) is 1. The Morgan fingerprint density at radius 1 is 1.12 bits per heavy atom. The largest absolute Gasteiger partial charge is 0.388 e. The van der Waals surface area contributed by atoms with E-state index in [0.717, 1.165) is 22.9 Å². The molecule has 0 saturated carbocycles. The minimum atomic E-state index is -0.552. The van der Waals surface area contributed by atoms with E-state index < -0.39 is 11.9 Å². The SMILES string of the molecule is CC1(C)OC[C@@H](C[C@@H]2c3ccccc3Cc3ccc(Br)cc3[C@@H]2O)O1. The third-order valence-corrected chi connectivity index (χ3v) is 5.72. The first-order valence-electron chi connectivity index (χ1n) is 8.79. The van der Waals surface area contributed by atoms with Gasteiger partial charge in [-0.1, -0.05) is 46.3 Å². The van der Waals surface area contributed by atoms with Gasteiger partial charge in [0.1, 0.15) is 0 Å². The quantitative estimate of drug-likeness (QED) is 0.789. The summed E-state index contributed by atoms with van der Waals surface area (Å²) in [6.07, 6.45) is 1.04. The van der Waals surface area contributed by atoms with Gasteiger partial charge in [0, 0.05) is 10.4 Å². The summed E-state index contributed by atoms with van der Waals surface area (Å²) in [5.74, 6) is -0.546. The monoisotopic (exact) mass is 402 g/mol. The Bertz CT molecular complexity index is 786. The van der Waals surface area contributed by atoms with Crippen molar-refractivity contribution in [3.8, 4) is 0 Å². The Kier molecular flexibility index (Phi) is 4.49. The molecule has 2 aromatic rings. The van der Waals surface area contributed by atoms with Crippen LogP contribution in [-0.4, -0.2) is 23.6 Å². The second-order valence-electron chi connectivity index (χ2n) is 7.46. The smallest absolute Gasteiger partial charge is 0.163 e. The van der Waals surface area contributed by atoms with E-state index in [1.165, 1.54) is 16.7 Å². The minimum Gasteiger partial charge on any atom is -0.388 e. The fourth-order valence-corrected chi connectivity index (χ4v) is 4.45. The van der Waals surface area contributed by atoms with Crippen LogP contribution < -0.4 is 0 Å². The highest BCUT2D eigenvalue weighted by Gasteiger charge is 2.38. The van der Waals surface area contributed by atoms with Gasteiger partial charge < -0.3 is 14.6 Å². The summed E-state index contributed by atoms with van der Waals surface area (Å²) >= 11 is 3.55. The average molecular weight is 403 g/mol. The van der Waals surface area contributed by atoms with Crippen molar-refractivity contribution in [3.05, 3.63) is 69.2 Å². The van der Waals surface area contributed by atoms with Crippen LogP contribution in [0.25, 0.3) is 0 Å². The topological polar surface area (TPSA) is 38.7 Å². The van der Waals surface area contributed by atoms with E-state index in [-0.39, 0.29) is 12.0 Å². The predicted octanol–water partition coefficient (Wildman–Crippen LogP) is 4.71. The average Bonchev–Trinajstić information content (AvgIpc) is 2.87. The molecule has 1 fully saturated rings. The Morgan fingerprint density at radius 3 is 2.64 bits per heavy atom. The van der Waals surface area contributed by atoms with Crippen molar-refractivity contribution >= 4 is 15.9 Å². The first-order chi connectivity index (χ1) is 11.9. The van der Waals surface area contributed by atoms with Crippen molar-refractivity contribution in [1.29, 1.82) is 0 Å². The highest BCUT2D eigenvalue weighted by molar-refractivity contribution is 9.10. The Hall–Kier alpha value is -1.20. The molecule has 0 bridgehead atoms. The standard InChI is InChI=1S/C21H23BrO3/c1-21(2)24-12-16(25-21)11-19-17-6-4-3-5-13(17)9-14-7-8-15(22)10-18(14)20(19)23/h3-8,10,16,19-20,23H,9,11-12H2,1-2H3/t16-,19-,20+/m1/s1. The van der Waals surface area contributed by atoms with E-state index in [0.29, 0.717) is 6.61 Å². The normalized spacial score (nSPS) is 27.4. The van der Waals surface area contributed by atoms with Crippen molar-refractivity contribution in [2.24, 2.45) is 0 Å². The maximum absolute atomic E-state index is 11.2. The molecular formula is C21H23BrO3. The molecule has 4 heteroatoms. The Morgan fingerprint density at radius 2 is 1.88 bits per heavy atom. The maximum atomic E-state index is 11.2. The van der Waals surface area contributed by atoms with Gasteiger partial charge >= 0.3 is 0 Å². The summed E-state index contributed by atoms with van der Waals surface area (Å²) in [5, 5.41) is 11.2. The van der Waals surface area contributed by atoms with Gasteiger partial charge in [-0.25, -0.2) is 0 Å². The molecule has 1 heterocycles. The minimum absolute atomic E-state index is 0.00332. The molecule has 4 rings (SSSR count). The molecule has 0 amide bonds. The number of halogens is 1. The molecule has 0 aromatic heterocycles.